The number of nitrogens with two attached hydrogens (primary N) is 1. The van der Waals surface area contributed by atoms with Crippen LogP contribution in [0.15, 0.2) is 47.4 Å². The van der Waals surface area contributed by atoms with Crippen molar-refractivity contribution in [3.8, 4) is 0 Å². The summed E-state index contributed by atoms with van der Waals surface area (Å²) in [6.07, 6.45) is 0.255. The number of primary sulfonamides is 1. The maximum Gasteiger partial charge on any atom is 0.319 e. The third kappa shape index (κ3) is 4.84. The molecule has 4 N–H and O–H groups in total. The summed E-state index contributed by atoms with van der Waals surface area (Å²) >= 11 is 0. The van der Waals surface area contributed by atoms with Crippen molar-refractivity contribution in [2.45, 2.75) is 11.3 Å². The minimum absolute atomic E-state index is 0.0173. The highest BCUT2D eigenvalue weighted by atomic mass is 32.2. The zero-order valence-corrected chi connectivity index (χ0v) is 16.7. The number of nitro groups is 1. The number of sulfonamides is 1. The van der Waals surface area contributed by atoms with Gasteiger partial charge in [0, 0.05) is 30.9 Å². The lowest BCUT2D eigenvalue weighted by Crippen LogP contribution is -2.35. The van der Waals surface area contributed by atoms with Crippen molar-refractivity contribution in [1.29, 1.82) is 0 Å². The van der Waals surface area contributed by atoms with Gasteiger partial charge in [0.2, 0.25) is 10.0 Å². The standard InChI is InChI=1S/C18H17N5O7S/c19-31(29,30)13-5-2-11(3-6-13)21-18(26)20-8-1-9-22-16(24)14-7-4-12(23(27)28)10-15(14)17(22)25/h2-7,10H,1,8-9H2,(H2,19,29,30)(H2,20,21,26). The minimum atomic E-state index is -3.83. The summed E-state index contributed by atoms with van der Waals surface area (Å²) in [5.41, 5.74) is 0.140. The number of imide groups is 1. The Morgan fingerprint density at radius 2 is 1.71 bits per heavy atom. The smallest absolute Gasteiger partial charge is 0.319 e. The van der Waals surface area contributed by atoms with Crippen molar-refractivity contribution in [2.24, 2.45) is 5.14 Å². The van der Waals surface area contributed by atoms with E-state index in [4.69, 9.17) is 5.14 Å². The molecule has 162 valence electrons. The summed E-state index contributed by atoms with van der Waals surface area (Å²) in [4.78, 5) is 47.7. The summed E-state index contributed by atoms with van der Waals surface area (Å²) in [6, 6.07) is 8.16. The van der Waals surface area contributed by atoms with Crippen LogP contribution >= 0.6 is 0 Å². The monoisotopic (exact) mass is 447 g/mol. The second-order valence-electron chi connectivity index (χ2n) is 6.55. The molecule has 2 aromatic carbocycles. The lowest BCUT2D eigenvalue weighted by atomic mass is 10.1. The molecule has 0 aliphatic carbocycles. The third-order valence-corrected chi connectivity index (χ3v) is 5.38. The first kappa shape index (κ1) is 21.9. The molecule has 1 aliphatic rings. The highest BCUT2D eigenvalue weighted by molar-refractivity contribution is 7.89. The molecule has 2 aromatic rings. The predicted molar refractivity (Wildman–Crippen MR) is 108 cm³/mol. The number of benzene rings is 2. The lowest BCUT2D eigenvalue weighted by molar-refractivity contribution is -0.384. The zero-order valence-electron chi connectivity index (χ0n) is 15.9. The number of hydrogen-bond acceptors (Lipinski definition) is 7. The molecule has 0 spiro atoms. The quantitative estimate of drug-likeness (QED) is 0.245. The second-order valence-corrected chi connectivity index (χ2v) is 8.11. The maximum absolute atomic E-state index is 12.4. The first-order valence-electron chi connectivity index (χ1n) is 8.90. The van der Waals surface area contributed by atoms with E-state index in [9.17, 15) is 32.9 Å². The van der Waals surface area contributed by atoms with Crippen LogP contribution in [-0.2, 0) is 10.0 Å². The molecule has 0 saturated carbocycles. The first-order chi connectivity index (χ1) is 14.6. The molecule has 0 atom stereocenters. The topological polar surface area (TPSA) is 182 Å². The Balaban J connectivity index is 1.49. The molecule has 1 aliphatic heterocycles. The van der Waals surface area contributed by atoms with Gasteiger partial charge >= 0.3 is 6.03 Å². The Kier molecular flexibility index (Phi) is 5.99. The molecule has 0 bridgehead atoms. The molecule has 13 heteroatoms. The summed E-state index contributed by atoms with van der Waals surface area (Å²) in [7, 11) is -3.83. The molecule has 0 radical (unpaired) electrons. The average Bonchev–Trinajstić information content (AvgIpc) is 2.95. The minimum Gasteiger partial charge on any atom is -0.338 e. The van der Waals surface area contributed by atoms with E-state index in [2.05, 4.69) is 10.6 Å². The largest absolute Gasteiger partial charge is 0.338 e. The molecule has 0 aromatic heterocycles. The van der Waals surface area contributed by atoms with E-state index >= 15 is 0 Å². The SMILES string of the molecule is NS(=O)(=O)c1ccc(NC(=O)NCCCN2C(=O)c3ccc([N+](=O)[O-])cc3C2=O)cc1. The average molecular weight is 447 g/mol. The highest BCUT2D eigenvalue weighted by Gasteiger charge is 2.36. The van der Waals surface area contributed by atoms with E-state index in [0.717, 1.165) is 17.0 Å². The molecule has 3 rings (SSSR count). The van der Waals surface area contributed by atoms with Gasteiger partial charge in [0.05, 0.1) is 20.9 Å². The summed E-state index contributed by atoms with van der Waals surface area (Å²) < 4.78 is 22.4. The van der Waals surface area contributed by atoms with Crippen LogP contribution in [0.4, 0.5) is 16.2 Å². The molecule has 31 heavy (non-hydrogen) atoms. The fraction of sp³-hybridized carbons (Fsp3) is 0.167. The number of anilines is 1. The van der Waals surface area contributed by atoms with Gasteiger partial charge in [-0.2, -0.15) is 0 Å². The van der Waals surface area contributed by atoms with Gasteiger partial charge < -0.3 is 10.6 Å². The van der Waals surface area contributed by atoms with Gasteiger partial charge in [-0.15, -0.1) is 0 Å². The molecule has 0 saturated heterocycles. The van der Waals surface area contributed by atoms with E-state index in [-0.39, 0.29) is 41.2 Å². The van der Waals surface area contributed by atoms with Crippen LogP contribution in [0.1, 0.15) is 27.1 Å². The molecular weight excluding hydrogens is 430 g/mol. The van der Waals surface area contributed by atoms with Gasteiger partial charge in [-0.05, 0) is 36.8 Å². The number of carbonyl (C=O) groups excluding carboxylic acids is 3. The molecule has 4 amide bonds. The van der Waals surface area contributed by atoms with E-state index in [1.165, 1.54) is 30.3 Å². The normalized spacial score (nSPS) is 13.1. The fourth-order valence-electron chi connectivity index (χ4n) is 2.94. The summed E-state index contributed by atoms with van der Waals surface area (Å²) in [5, 5.41) is 20.9. The number of hydrogen-bond donors (Lipinski definition) is 3. The van der Waals surface area contributed by atoms with Crippen LogP contribution in [-0.4, -0.2) is 49.2 Å². The first-order valence-corrected chi connectivity index (χ1v) is 10.4. The van der Waals surface area contributed by atoms with Crippen LogP contribution < -0.4 is 15.8 Å². The van der Waals surface area contributed by atoms with Crippen LogP contribution in [0.2, 0.25) is 0 Å². The Bertz CT molecular complexity index is 1180. The van der Waals surface area contributed by atoms with Crippen molar-refractivity contribution in [3.63, 3.8) is 0 Å². The molecule has 12 nitrogen and oxygen atoms in total. The third-order valence-electron chi connectivity index (χ3n) is 4.45. The van der Waals surface area contributed by atoms with Crippen molar-refractivity contribution < 1.29 is 27.7 Å². The predicted octanol–water partition coefficient (Wildman–Crippen LogP) is 1.05. The zero-order chi connectivity index (χ0) is 22.8. The van der Waals surface area contributed by atoms with E-state index in [0.29, 0.717) is 5.69 Å². The lowest BCUT2D eigenvalue weighted by Gasteiger charge is -2.14. The van der Waals surface area contributed by atoms with E-state index in [1.807, 2.05) is 0 Å². The number of carbonyl (C=O) groups is 3. The Labute approximate surface area is 176 Å². The van der Waals surface area contributed by atoms with Gasteiger partial charge in [-0.1, -0.05) is 0 Å². The number of nitrogens with zero attached hydrogens (tertiary/aromatic N) is 2. The van der Waals surface area contributed by atoms with Crippen molar-refractivity contribution >= 4 is 39.2 Å². The summed E-state index contributed by atoms with van der Waals surface area (Å²) in [6.45, 7) is 0.151. The fourth-order valence-corrected chi connectivity index (χ4v) is 3.45. The van der Waals surface area contributed by atoms with Crippen molar-refractivity contribution in [2.75, 3.05) is 18.4 Å². The number of fused-ring (bicyclic) bond motifs is 1. The van der Waals surface area contributed by atoms with Gasteiger partial charge in [0.1, 0.15) is 0 Å². The second kappa shape index (κ2) is 8.49. The maximum atomic E-state index is 12.4. The van der Waals surface area contributed by atoms with E-state index < -0.39 is 32.8 Å². The molecule has 0 unspecified atom stereocenters. The number of rotatable bonds is 7. The highest BCUT2D eigenvalue weighted by Crippen LogP contribution is 2.26. The molecular formula is C18H17N5O7S. The number of amides is 4. The van der Waals surface area contributed by atoms with Crippen LogP contribution in [0.25, 0.3) is 0 Å². The van der Waals surface area contributed by atoms with Gasteiger partial charge in [-0.25, -0.2) is 18.4 Å². The number of urea groups is 1. The van der Waals surface area contributed by atoms with Crippen LogP contribution in [0.5, 0.6) is 0 Å². The van der Waals surface area contributed by atoms with Crippen molar-refractivity contribution in [1.82, 2.24) is 10.2 Å². The van der Waals surface area contributed by atoms with E-state index in [1.54, 1.807) is 0 Å². The van der Waals surface area contributed by atoms with Crippen LogP contribution in [0.3, 0.4) is 0 Å². The van der Waals surface area contributed by atoms with Gasteiger partial charge in [0.15, 0.2) is 0 Å². The van der Waals surface area contributed by atoms with Gasteiger partial charge in [-0.3, -0.25) is 24.6 Å². The van der Waals surface area contributed by atoms with Crippen LogP contribution in [0, 0.1) is 10.1 Å². The number of nitrogens with one attached hydrogen (secondary N) is 2. The van der Waals surface area contributed by atoms with Gasteiger partial charge in [0.25, 0.3) is 17.5 Å². The molecule has 1 heterocycles. The number of non-ortho nitro benzene ring substituents is 1. The summed E-state index contributed by atoms with van der Waals surface area (Å²) in [5.74, 6) is -1.17. The van der Waals surface area contributed by atoms with Crippen molar-refractivity contribution in [3.05, 3.63) is 63.7 Å². The Hall–Kier alpha value is -3.84. The number of nitro benzene ring substituents is 1. The Morgan fingerprint density at radius 3 is 2.32 bits per heavy atom. The molecule has 0 fully saturated rings. The Morgan fingerprint density at radius 1 is 1.06 bits per heavy atom.